The van der Waals surface area contributed by atoms with Crippen molar-refractivity contribution in [3.05, 3.63) is 12.4 Å². The Kier molecular flexibility index (Phi) is 2.56. The Morgan fingerprint density at radius 1 is 1.73 bits per heavy atom. The highest BCUT2D eigenvalue weighted by Gasteiger charge is 2.09. The normalized spacial score (nSPS) is 16.3. The number of aliphatic hydroxyl groups excluding tert-OH is 1. The number of hydrogen-bond donors (Lipinski definition) is 2. The Morgan fingerprint density at radius 2 is 2.45 bits per heavy atom. The lowest BCUT2D eigenvalue weighted by molar-refractivity contribution is 0.126. The molecule has 0 bridgehead atoms. The molecule has 0 fully saturated rings. The minimum atomic E-state index is -0.559. The third-order valence-electron chi connectivity index (χ3n) is 1.45. The molecular formula is C6H12N4O. The molecule has 0 amide bonds. The summed E-state index contributed by atoms with van der Waals surface area (Å²) in [6, 6.07) is -0.237. The zero-order valence-electron chi connectivity index (χ0n) is 6.38. The van der Waals surface area contributed by atoms with Crippen LogP contribution in [0, 0.1) is 0 Å². The van der Waals surface area contributed by atoms with Gasteiger partial charge in [-0.1, -0.05) is 5.21 Å². The molecule has 11 heavy (non-hydrogen) atoms. The van der Waals surface area contributed by atoms with Crippen LogP contribution in [0.2, 0.25) is 0 Å². The standard InChI is InChI=1S/C6H12N4O/c1-5(7)6(11)4-10-3-2-8-9-10/h2-3,5-6,11H,4,7H2,1H3. The molecule has 1 aromatic heterocycles. The molecule has 0 spiro atoms. The molecule has 0 saturated carbocycles. The molecule has 0 aliphatic carbocycles. The minimum Gasteiger partial charge on any atom is -0.390 e. The second kappa shape index (κ2) is 3.45. The van der Waals surface area contributed by atoms with E-state index in [0.717, 1.165) is 0 Å². The first-order chi connectivity index (χ1) is 5.20. The van der Waals surface area contributed by atoms with Crippen molar-refractivity contribution in [1.29, 1.82) is 0 Å². The lowest BCUT2D eigenvalue weighted by Gasteiger charge is -2.13. The predicted molar refractivity (Wildman–Crippen MR) is 39.7 cm³/mol. The fraction of sp³-hybridized carbons (Fsp3) is 0.667. The first-order valence-corrected chi connectivity index (χ1v) is 3.48. The SMILES string of the molecule is CC(N)C(O)Cn1ccnn1. The zero-order chi connectivity index (χ0) is 8.27. The van der Waals surface area contributed by atoms with E-state index in [1.807, 2.05) is 0 Å². The first kappa shape index (κ1) is 8.16. The van der Waals surface area contributed by atoms with E-state index in [1.54, 1.807) is 24.0 Å². The third kappa shape index (κ3) is 2.28. The molecule has 1 aromatic rings. The van der Waals surface area contributed by atoms with Crippen LogP contribution in [-0.2, 0) is 6.54 Å². The summed E-state index contributed by atoms with van der Waals surface area (Å²) in [7, 11) is 0. The van der Waals surface area contributed by atoms with Gasteiger partial charge in [-0.25, -0.2) is 4.68 Å². The van der Waals surface area contributed by atoms with E-state index in [4.69, 9.17) is 5.73 Å². The van der Waals surface area contributed by atoms with Crippen LogP contribution < -0.4 is 5.73 Å². The summed E-state index contributed by atoms with van der Waals surface area (Å²) >= 11 is 0. The summed E-state index contributed by atoms with van der Waals surface area (Å²) in [5.41, 5.74) is 5.44. The molecule has 62 valence electrons. The van der Waals surface area contributed by atoms with Crippen molar-refractivity contribution in [3.63, 3.8) is 0 Å². The molecule has 0 aliphatic rings. The summed E-state index contributed by atoms with van der Waals surface area (Å²) < 4.78 is 1.55. The van der Waals surface area contributed by atoms with Crippen LogP contribution in [0.3, 0.4) is 0 Å². The largest absolute Gasteiger partial charge is 0.390 e. The Hall–Kier alpha value is -0.940. The van der Waals surface area contributed by atoms with Gasteiger partial charge in [0.2, 0.25) is 0 Å². The van der Waals surface area contributed by atoms with Crippen LogP contribution >= 0.6 is 0 Å². The third-order valence-corrected chi connectivity index (χ3v) is 1.45. The first-order valence-electron chi connectivity index (χ1n) is 3.48. The fourth-order valence-electron chi connectivity index (χ4n) is 0.688. The van der Waals surface area contributed by atoms with Gasteiger partial charge in [0.1, 0.15) is 0 Å². The topological polar surface area (TPSA) is 77.0 Å². The molecule has 2 atom stereocenters. The summed E-state index contributed by atoms with van der Waals surface area (Å²) in [5, 5.41) is 16.6. The molecule has 0 radical (unpaired) electrons. The van der Waals surface area contributed by atoms with E-state index in [0.29, 0.717) is 6.54 Å². The van der Waals surface area contributed by atoms with Gasteiger partial charge in [0, 0.05) is 12.2 Å². The van der Waals surface area contributed by atoms with Gasteiger partial charge in [0.05, 0.1) is 18.8 Å². The van der Waals surface area contributed by atoms with Crippen LogP contribution in [0.1, 0.15) is 6.92 Å². The van der Waals surface area contributed by atoms with Gasteiger partial charge in [-0.05, 0) is 6.92 Å². The molecule has 0 aliphatic heterocycles. The maximum absolute atomic E-state index is 9.28. The number of nitrogens with two attached hydrogens (primary N) is 1. The Balaban J connectivity index is 2.43. The highest BCUT2D eigenvalue weighted by molar-refractivity contribution is 4.70. The van der Waals surface area contributed by atoms with Crippen LogP contribution in [0.5, 0.6) is 0 Å². The van der Waals surface area contributed by atoms with Crippen molar-refractivity contribution in [2.75, 3.05) is 0 Å². The van der Waals surface area contributed by atoms with E-state index >= 15 is 0 Å². The van der Waals surface area contributed by atoms with Gasteiger partial charge in [-0.3, -0.25) is 0 Å². The van der Waals surface area contributed by atoms with Crippen molar-refractivity contribution >= 4 is 0 Å². The van der Waals surface area contributed by atoms with Crippen molar-refractivity contribution < 1.29 is 5.11 Å². The minimum absolute atomic E-state index is 0.237. The summed E-state index contributed by atoms with van der Waals surface area (Å²) in [6.07, 6.45) is 2.69. The molecule has 0 aromatic carbocycles. The molecule has 0 saturated heterocycles. The molecule has 1 rings (SSSR count). The predicted octanol–water partition coefficient (Wildman–Crippen LogP) is -1.01. The highest BCUT2D eigenvalue weighted by Crippen LogP contribution is 1.92. The van der Waals surface area contributed by atoms with Gasteiger partial charge in [-0.2, -0.15) is 0 Å². The number of nitrogens with zero attached hydrogens (tertiary/aromatic N) is 3. The highest BCUT2D eigenvalue weighted by atomic mass is 16.3. The van der Waals surface area contributed by atoms with Crippen LogP contribution in [0.4, 0.5) is 0 Å². The molecule has 5 nitrogen and oxygen atoms in total. The van der Waals surface area contributed by atoms with E-state index in [1.165, 1.54) is 0 Å². The average Bonchev–Trinajstić information content (AvgIpc) is 2.39. The van der Waals surface area contributed by atoms with E-state index in [-0.39, 0.29) is 6.04 Å². The number of aromatic nitrogens is 3. The maximum Gasteiger partial charge on any atom is 0.0884 e. The summed E-state index contributed by atoms with van der Waals surface area (Å²) in [5.74, 6) is 0. The monoisotopic (exact) mass is 156 g/mol. The lowest BCUT2D eigenvalue weighted by Crippen LogP contribution is -2.35. The van der Waals surface area contributed by atoms with Crippen molar-refractivity contribution in [1.82, 2.24) is 15.0 Å². The molecule has 3 N–H and O–H groups in total. The smallest absolute Gasteiger partial charge is 0.0884 e. The fourth-order valence-corrected chi connectivity index (χ4v) is 0.688. The molecule has 1 heterocycles. The quantitative estimate of drug-likeness (QED) is 0.587. The molecule has 5 heteroatoms. The number of rotatable bonds is 3. The van der Waals surface area contributed by atoms with Gasteiger partial charge in [-0.15, -0.1) is 5.10 Å². The molecular weight excluding hydrogens is 144 g/mol. The number of hydrogen-bond acceptors (Lipinski definition) is 4. The second-order valence-corrected chi connectivity index (χ2v) is 2.55. The average molecular weight is 156 g/mol. The Morgan fingerprint density at radius 3 is 2.91 bits per heavy atom. The van der Waals surface area contributed by atoms with Crippen LogP contribution in [0.25, 0.3) is 0 Å². The second-order valence-electron chi connectivity index (χ2n) is 2.55. The zero-order valence-corrected chi connectivity index (χ0v) is 6.38. The van der Waals surface area contributed by atoms with Crippen molar-refractivity contribution in [2.24, 2.45) is 5.73 Å². The van der Waals surface area contributed by atoms with E-state index in [2.05, 4.69) is 10.3 Å². The Bertz CT molecular complexity index is 196. The summed E-state index contributed by atoms with van der Waals surface area (Å²) in [6.45, 7) is 2.15. The van der Waals surface area contributed by atoms with Gasteiger partial charge < -0.3 is 10.8 Å². The van der Waals surface area contributed by atoms with Gasteiger partial charge >= 0.3 is 0 Å². The van der Waals surface area contributed by atoms with Crippen LogP contribution in [-0.4, -0.2) is 32.2 Å². The molecule has 2 unspecified atom stereocenters. The Labute approximate surface area is 64.8 Å². The van der Waals surface area contributed by atoms with E-state index < -0.39 is 6.10 Å². The summed E-state index contributed by atoms with van der Waals surface area (Å²) in [4.78, 5) is 0. The van der Waals surface area contributed by atoms with Gasteiger partial charge in [0.15, 0.2) is 0 Å². The maximum atomic E-state index is 9.28. The van der Waals surface area contributed by atoms with Crippen LogP contribution in [0.15, 0.2) is 12.4 Å². The van der Waals surface area contributed by atoms with E-state index in [9.17, 15) is 5.11 Å². The van der Waals surface area contributed by atoms with Crippen molar-refractivity contribution in [3.8, 4) is 0 Å². The lowest BCUT2D eigenvalue weighted by atomic mass is 10.2. The number of aliphatic hydroxyl groups is 1. The van der Waals surface area contributed by atoms with Gasteiger partial charge in [0.25, 0.3) is 0 Å². The van der Waals surface area contributed by atoms with Crippen molar-refractivity contribution in [2.45, 2.75) is 25.6 Å².